The standard InChI is InChI=1S/C19H22N2O3S/c1-12-5-18(25-11-12)19(22)21-7-16-14(10-24-17(16)8-21)9-23-15-4-3-13(2)20-6-15/h3-6,11,14,16-17H,7-10H2,1-2H3/t14-,16+,17+/m0/s1. The summed E-state index contributed by atoms with van der Waals surface area (Å²) < 4.78 is 11.8. The molecule has 0 saturated carbocycles. The molecule has 6 heteroatoms. The Bertz CT molecular complexity index is 758. The maximum atomic E-state index is 12.7. The molecule has 1 amide bonds. The van der Waals surface area contributed by atoms with Crippen LogP contribution in [0.25, 0.3) is 0 Å². The number of likely N-dealkylation sites (tertiary alicyclic amines) is 1. The Balaban J connectivity index is 1.36. The average molecular weight is 358 g/mol. The number of pyridine rings is 1. The number of hydrogen-bond acceptors (Lipinski definition) is 5. The third kappa shape index (κ3) is 3.41. The lowest BCUT2D eigenvalue weighted by Crippen LogP contribution is -2.31. The molecule has 0 N–H and O–H groups in total. The Morgan fingerprint density at radius 2 is 2.28 bits per heavy atom. The zero-order valence-electron chi connectivity index (χ0n) is 14.5. The van der Waals surface area contributed by atoms with Crippen molar-refractivity contribution in [2.45, 2.75) is 20.0 Å². The van der Waals surface area contributed by atoms with Crippen LogP contribution in [0, 0.1) is 25.7 Å². The molecule has 0 bridgehead atoms. The second-order valence-corrected chi connectivity index (χ2v) is 7.85. The first-order valence-electron chi connectivity index (χ1n) is 8.61. The Morgan fingerprint density at radius 3 is 3.00 bits per heavy atom. The SMILES string of the molecule is Cc1csc(C(=O)N2C[C@@H]3[C@@H](COc4ccc(C)nc4)CO[C@@H]3C2)c1. The van der Waals surface area contributed by atoms with E-state index in [1.807, 2.05) is 42.3 Å². The molecule has 2 aromatic rings. The number of hydrogen-bond donors (Lipinski definition) is 0. The summed E-state index contributed by atoms with van der Waals surface area (Å²) in [6.45, 7) is 6.71. The third-order valence-electron chi connectivity index (χ3n) is 5.02. The normalized spacial score (nSPS) is 25.2. The summed E-state index contributed by atoms with van der Waals surface area (Å²) in [4.78, 5) is 19.7. The molecule has 2 aliphatic rings. The summed E-state index contributed by atoms with van der Waals surface area (Å²) in [5.41, 5.74) is 2.12. The van der Waals surface area contributed by atoms with Crippen LogP contribution in [0.1, 0.15) is 20.9 Å². The number of amides is 1. The van der Waals surface area contributed by atoms with E-state index in [2.05, 4.69) is 4.98 Å². The first kappa shape index (κ1) is 16.5. The van der Waals surface area contributed by atoms with Crippen molar-refractivity contribution in [3.63, 3.8) is 0 Å². The van der Waals surface area contributed by atoms with Gasteiger partial charge in [-0.2, -0.15) is 0 Å². The molecule has 132 valence electrons. The van der Waals surface area contributed by atoms with Gasteiger partial charge in [0.05, 0.1) is 30.4 Å². The molecule has 0 spiro atoms. The lowest BCUT2D eigenvalue weighted by molar-refractivity contribution is 0.0665. The number of thiophene rings is 1. The average Bonchev–Trinajstić information content (AvgIpc) is 3.30. The third-order valence-corrected chi connectivity index (χ3v) is 6.05. The van der Waals surface area contributed by atoms with Gasteiger partial charge in [-0.3, -0.25) is 9.78 Å². The van der Waals surface area contributed by atoms with Crippen LogP contribution in [0.4, 0.5) is 0 Å². The van der Waals surface area contributed by atoms with Gasteiger partial charge < -0.3 is 14.4 Å². The highest BCUT2D eigenvalue weighted by molar-refractivity contribution is 7.12. The van der Waals surface area contributed by atoms with E-state index in [1.54, 1.807) is 6.20 Å². The van der Waals surface area contributed by atoms with Crippen LogP contribution in [0.2, 0.25) is 0 Å². The molecule has 5 nitrogen and oxygen atoms in total. The van der Waals surface area contributed by atoms with Crippen molar-refractivity contribution < 1.29 is 14.3 Å². The van der Waals surface area contributed by atoms with Gasteiger partial charge in [-0.15, -0.1) is 11.3 Å². The van der Waals surface area contributed by atoms with E-state index in [0.29, 0.717) is 31.6 Å². The van der Waals surface area contributed by atoms with Gasteiger partial charge in [-0.1, -0.05) is 0 Å². The van der Waals surface area contributed by atoms with Gasteiger partial charge in [0.1, 0.15) is 5.75 Å². The highest BCUT2D eigenvalue weighted by atomic mass is 32.1. The molecule has 2 aliphatic heterocycles. The highest BCUT2D eigenvalue weighted by Crippen LogP contribution is 2.35. The van der Waals surface area contributed by atoms with Gasteiger partial charge in [-0.25, -0.2) is 0 Å². The number of rotatable bonds is 4. The van der Waals surface area contributed by atoms with Crippen molar-refractivity contribution in [1.82, 2.24) is 9.88 Å². The fourth-order valence-electron chi connectivity index (χ4n) is 3.58. The quantitative estimate of drug-likeness (QED) is 0.843. The molecule has 0 radical (unpaired) electrons. The minimum atomic E-state index is 0.124. The minimum Gasteiger partial charge on any atom is -0.492 e. The molecule has 0 unspecified atom stereocenters. The van der Waals surface area contributed by atoms with Crippen LogP contribution < -0.4 is 4.74 Å². The predicted molar refractivity (Wildman–Crippen MR) is 96.1 cm³/mol. The molecule has 0 aromatic carbocycles. The van der Waals surface area contributed by atoms with E-state index >= 15 is 0 Å². The van der Waals surface area contributed by atoms with E-state index in [-0.39, 0.29) is 12.0 Å². The number of carbonyl (C=O) groups is 1. The summed E-state index contributed by atoms with van der Waals surface area (Å²) in [7, 11) is 0. The van der Waals surface area contributed by atoms with Crippen LogP contribution in [0.5, 0.6) is 5.75 Å². The zero-order valence-corrected chi connectivity index (χ0v) is 15.3. The van der Waals surface area contributed by atoms with Gasteiger partial charge in [0.25, 0.3) is 5.91 Å². The summed E-state index contributed by atoms with van der Waals surface area (Å²) in [6.07, 6.45) is 1.89. The number of fused-ring (bicyclic) bond motifs is 1. The van der Waals surface area contributed by atoms with Gasteiger partial charge in [0.2, 0.25) is 0 Å². The second-order valence-electron chi connectivity index (χ2n) is 6.94. The Hall–Kier alpha value is -1.92. The maximum absolute atomic E-state index is 12.7. The van der Waals surface area contributed by atoms with Crippen molar-refractivity contribution in [2.75, 3.05) is 26.3 Å². The molecule has 4 heterocycles. The van der Waals surface area contributed by atoms with Crippen LogP contribution in [-0.2, 0) is 4.74 Å². The largest absolute Gasteiger partial charge is 0.492 e. The predicted octanol–water partition coefficient (Wildman–Crippen LogP) is 2.93. The Labute approximate surface area is 151 Å². The fraction of sp³-hybridized carbons (Fsp3) is 0.474. The van der Waals surface area contributed by atoms with E-state index in [0.717, 1.165) is 28.4 Å². The number of carbonyl (C=O) groups excluding carboxylic acids is 1. The van der Waals surface area contributed by atoms with Crippen molar-refractivity contribution in [1.29, 1.82) is 0 Å². The van der Waals surface area contributed by atoms with E-state index in [4.69, 9.17) is 9.47 Å². The van der Waals surface area contributed by atoms with E-state index in [1.165, 1.54) is 11.3 Å². The van der Waals surface area contributed by atoms with Crippen LogP contribution >= 0.6 is 11.3 Å². The smallest absolute Gasteiger partial charge is 0.264 e. The minimum absolute atomic E-state index is 0.124. The van der Waals surface area contributed by atoms with Gasteiger partial charge in [0, 0.05) is 30.6 Å². The Morgan fingerprint density at radius 1 is 1.40 bits per heavy atom. The summed E-state index contributed by atoms with van der Waals surface area (Å²) in [5.74, 6) is 1.57. The molecule has 2 saturated heterocycles. The molecule has 0 aliphatic carbocycles. The molecule has 3 atom stereocenters. The number of aromatic nitrogens is 1. The molecular weight excluding hydrogens is 336 g/mol. The van der Waals surface area contributed by atoms with E-state index < -0.39 is 0 Å². The fourth-order valence-corrected chi connectivity index (χ4v) is 4.44. The van der Waals surface area contributed by atoms with Crippen LogP contribution in [-0.4, -0.2) is 48.2 Å². The molecular formula is C19H22N2O3S. The first-order valence-corrected chi connectivity index (χ1v) is 9.49. The van der Waals surface area contributed by atoms with Gasteiger partial charge in [0.15, 0.2) is 0 Å². The van der Waals surface area contributed by atoms with Crippen molar-refractivity contribution in [2.24, 2.45) is 11.8 Å². The molecule has 25 heavy (non-hydrogen) atoms. The number of ether oxygens (including phenoxy) is 2. The van der Waals surface area contributed by atoms with Gasteiger partial charge >= 0.3 is 0 Å². The summed E-state index contributed by atoms with van der Waals surface area (Å²) in [5, 5.41) is 2.02. The number of aryl methyl sites for hydroxylation is 2. The highest BCUT2D eigenvalue weighted by Gasteiger charge is 2.45. The van der Waals surface area contributed by atoms with Crippen molar-refractivity contribution in [3.05, 3.63) is 45.9 Å². The monoisotopic (exact) mass is 358 g/mol. The molecule has 2 fully saturated rings. The van der Waals surface area contributed by atoms with Crippen molar-refractivity contribution in [3.8, 4) is 5.75 Å². The second kappa shape index (κ2) is 6.77. The Kier molecular flexibility index (Phi) is 4.48. The van der Waals surface area contributed by atoms with Gasteiger partial charge in [-0.05, 0) is 43.0 Å². The van der Waals surface area contributed by atoms with Crippen LogP contribution in [0.3, 0.4) is 0 Å². The lowest BCUT2D eigenvalue weighted by atomic mass is 9.94. The summed E-state index contributed by atoms with van der Waals surface area (Å²) in [6, 6.07) is 5.86. The van der Waals surface area contributed by atoms with Crippen molar-refractivity contribution >= 4 is 17.2 Å². The first-order chi connectivity index (χ1) is 12.1. The van der Waals surface area contributed by atoms with Crippen LogP contribution in [0.15, 0.2) is 29.8 Å². The zero-order chi connectivity index (χ0) is 17.4. The summed E-state index contributed by atoms with van der Waals surface area (Å²) >= 11 is 1.52. The lowest BCUT2D eigenvalue weighted by Gasteiger charge is -2.19. The molecule has 4 rings (SSSR count). The maximum Gasteiger partial charge on any atom is 0.264 e. The number of nitrogens with zero attached hydrogens (tertiary/aromatic N) is 2. The molecule has 2 aromatic heterocycles. The topological polar surface area (TPSA) is 51.7 Å². The van der Waals surface area contributed by atoms with E-state index in [9.17, 15) is 4.79 Å².